The molecule has 2 N–H and O–H groups in total. The lowest BCUT2D eigenvalue weighted by Gasteiger charge is -2.36. The van der Waals surface area contributed by atoms with Crippen molar-refractivity contribution in [2.75, 3.05) is 56.0 Å². The van der Waals surface area contributed by atoms with E-state index in [0.717, 1.165) is 36.8 Å². The van der Waals surface area contributed by atoms with Gasteiger partial charge in [0.25, 0.3) is 0 Å². The monoisotopic (exact) mass is 442 g/mol. The lowest BCUT2D eigenvalue weighted by atomic mass is 10.1. The summed E-state index contributed by atoms with van der Waals surface area (Å²) >= 11 is 5.96. The number of carbonyl (C=O) groups is 2. The van der Waals surface area contributed by atoms with Crippen molar-refractivity contribution in [3.05, 3.63) is 53.6 Å². The number of phenols is 1. The molecule has 7 nitrogen and oxygen atoms in total. The SMILES string of the molecule is O=C(Nc1ccc(O)cc1)C1CCN(CC(=O)N2CCN(c3ccc(Cl)cc3)CC2)C1. The molecule has 31 heavy (non-hydrogen) atoms. The van der Waals surface area contributed by atoms with Crippen molar-refractivity contribution in [2.24, 2.45) is 5.92 Å². The standard InChI is InChI=1S/C23H27ClN4O3/c24-18-1-5-20(6-2-18)27-11-13-28(14-12-27)22(30)16-26-10-9-17(15-26)23(31)25-19-3-7-21(29)8-4-19/h1-8,17,29H,9-16H2,(H,25,31). The molecular formula is C23H27ClN4O3. The number of rotatable bonds is 5. The number of likely N-dealkylation sites (tertiary alicyclic amines) is 1. The van der Waals surface area contributed by atoms with E-state index < -0.39 is 0 Å². The third-order valence-electron chi connectivity index (χ3n) is 5.96. The van der Waals surface area contributed by atoms with Gasteiger partial charge in [0, 0.05) is 49.1 Å². The van der Waals surface area contributed by atoms with Gasteiger partial charge < -0.3 is 20.2 Å². The van der Waals surface area contributed by atoms with E-state index in [1.807, 2.05) is 29.2 Å². The van der Waals surface area contributed by atoms with Crippen LogP contribution in [0.4, 0.5) is 11.4 Å². The van der Waals surface area contributed by atoms with Gasteiger partial charge >= 0.3 is 0 Å². The summed E-state index contributed by atoms with van der Waals surface area (Å²) in [5, 5.41) is 13.0. The zero-order chi connectivity index (χ0) is 21.8. The highest BCUT2D eigenvalue weighted by Gasteiger charge is 2.31. The summed E-state index contributed by atoms with van der Waals surface area (Å²) in [6.45, 7) is 4.66. The molecule has 1 atom stereocenters. The predicted molar refractivity (Wildman–Crippen MR) is 122 cm³/mol. The molecule has 2 aliphatic heterocycles. The minimum absolute atomic E-state index is 0.0442. The van der Waals surface area contributed by atoms with Crippen molar-refractivity contribution < 1.29 is 14.7 Å². The molecule has 0 saturated carbocycles. The Morgan fingerprint density at radius 3 is 2.32 bits per heavy atom. The molecule has 0 spiro atoms. The first-order chi connectivity index (χ1) is 15.0. The minimum atomic E-state index is -0.136. The second-order valence-corrected chi connectivity index (χ2v) is 8.54. The van der Waals surface area contributed by atoms with Crippen LogP contribution < -0.4 is 10.2 Å². The maximum absolute atomic E-state index is 12.8. The fourth-order valence-corrected chi connectivity index (χ4v) is 4.26. The van der Waals surface area contributed by atoms with Gasteiger partial charge in [0.1, 0.15) is 5.75 Å². The molecule has 2 heterocycles. The normalized spacial score (nSPS) is 19.5. The molecule has 1 unspecified atom stereocenters. The van der Waals surface area contributed by atoms with Crippen LogP contribution in [0.2, 0.25) is 5.02 Å². The van der Waals surface area contributed by atoms with Crippen LogP contribution in [0.3, 0.4) is 0 Å². The van der Waals surface area contributed by atoms with Crippen LogP contribution in [0.25, 0.3) is 0 Å². The van der Waals surface area contributed by atoms with Crippen molar-refractivity contribution >= 4 is 34.8 Å². The molecule has 2 fully saturated rings. The molecule has 2 aliphatic rings. The van der Waals surface area contributed by atoms with Gasteiger partial charge in [0.2, 0.25) is 11.8 Å². The lowest BCUT2D eigenvalue weighted by Crippen LogP contribution is -2.51. The molecule has 0 aromatic heterocycles. The molecular weight excluding hydrogens is 416 g/mol. The van der Waals surface area contributed by atoms with Crippen LogP contribution in [-0.2, 0) is 9.59 Å². The van der Waals surface area contributed by atoms with Crippen LogP contribution in [0.5, 0.6) is 5.75 Å². The van der Waals surface area contributed by atoms with Gasteiger partial charge in [-0.2, -0.15) is 0 Å². The number of piperazine rings is 1. The highest BCUT2D eigenvalue weighted by atomic mass is 35.5. The molecule has 2 amide bonds. The second-order valence-electron chi connectivity index (χ2n) is 8.10. The molecule has 8 heteroatoms. The Kier molecular flexibility index (Phi) is 6.63. The van der Waals surface area contributed by atoms with Crippen molar-refractivity contribution in [3.8, 4) is 5.75 Å². The molecule has 2 saturated heterocycles. The Labute approximate surface area is 187 Å². The molecule has 0 bridgehead atoms. The maximum atomic E-state index is 12.8. The smallest absolute Gasteiger partial charge is 0.236 e. The number of amides is 2. The molecule has 0 radical (unpaired) electrons. The van der Waals surface area contributed by atoms with Crippen LogP contribution in [-0.4, -0.2) is 72.5 Å². The molecule has 4 rings (SSSR count). The highest BCUT2D eigenvalue weighted by molar-refractivity contribution is 6.30. The van der Waals surface area contributed by atoms with E-state index in [1.54, 1.807) is 24.3 Å². The Balaban J connectivity index is 1.22. The van der Waals surface area contributed by atoms with Crippen LogP contribution >= 0.6 is 11.6 Å². The first-order valence-electron chi connectivity index (χ1n) is 10.6. The Morgan fingerprint density at radius 1 is 0.968 bits per heavy atom. The average molecular weight is 443 g/mol. The lowest BCUT2D eigenvalue weighted by molar-refractivity contribution is -0.132. The van der Waals surface area contributed by atoms with Gasteiger partial charge in [-0.05, 0) is 61.5 Å². The summed E-state index contributed by atoms with van der Waals surface area (Å²) in [4.78, 5) is 31.5. The summed E-state index contributed by atoms with van der Waals surface area (Å²) in [6, 6.07) is 14.2. The quantitative estimate of drug-likeness (QED) is 0.696. The van der Waals surface area contributed by atoms with Crippen molar-refractivity contribution in [1.29, 1.82) is 0 Å². The van der Waals surface area contributed by atoms with Crippen molar-refractivity contribution in [3.63, 3.8) is 0 Å². The third kappa shape index (κ3) is 5.48. The number of benzene rings is 2. The van der Waals surface area contributed by atoms with Gasteiger partial charge in [0.05, 0.1) is 12.5 Å². The van der Waals surface area contributed by atoms with Gasteiger partial charge in [0.15, 0.2) is 0 Å². The van der Waals surface area contributed by atoms with Crippen LogP contribution in [0.1, 0.15) is 6.42 Å². The van der Waals surface area contributed by atoms with Gasteiger partial charge in [-0.1, -0.05) is 11.6 Å². The summed E-state index contributed by atoms with van der Waals surface area (Å²) in [7, 11) is 0. The zero-order valence-corrected chi connectivity index (χ0v) is 18.1. The Bertz CT molecular complexity index is 911. The van der Waals surface area contributed by atoms with E-state index in [9.17, 15) is 14.7 Å². The number of nitrogens with one attached hydrogen (secondary N) is 1. The summed E-state index contributed by atoms with van der Waals surface area (Å²) in [6.07, 6.45) is 0.738. The number of hydrogen-bond acceptors (Lipinski definition) is 5. The molecule has 2 aromatic rings. The largest absolute Gasteiger partial charge is 0.508 e. The zero-order valence-electron chi connectivity index (χ0n) is 17.3. The first kappa shape index (κ1) is 21.5. The maximum Gasteiger partial charge on any atom is 0.236 e. The predicted octanol–water partition coefficient (Wildman–Crippen LogP) is 2.65. The fourth-order valence-electron chi connectivity index (χ4n) is 4.14. The Morgan fingerprint density at radius 2 is 1.65 bits per heavy atom. The van der Waals surface area contributed by atoms with E-state index >= 15 is 0 Å². The number of halogens is 1. The molecule has 164 valence electrons. The first-order valence-corrected chi connectivity index (χ1v) is 11.0. The minimum Gasteiger partial charge on any atom is -0.508 e. The van der Waals surface area contributed by atoms with Gasteiger partial charge in [-0.15, -0.1) is 0 Å². The van der Waals surface area contributed by atoms with E-state index in [2.05, 4.69) is 15.1 Å². The summed E-state index contributed by atoms with van der Waals surface area (Å²) in [5.74, 6) is 0.105. The van der Waals surface area contributed by atoms with Gasteiger partial charge in [-0.3, -0.25) is 14.5 Å². The van der Waals surface area contributed by atoms with Crippen molar-refractivity contribution in [1.82, 2.24) is 9.80 Å². The number of carbonyl (C=O) groups excluding carboxylic acids is 2. The number of nitrogens with zero attached hydrogens (tertiary/aromatic N) is 3. The topological polar surface area (TPSA) is 76.1 Å². The van der Waals surface area contributed by atoms with Crippen molar-refractivity contribution in [2.45, 2.75) is 6.42 Å². The average Bonchev–Trinajstić information content (AvgIpc) is 3.25. The highest BCUT2D eigenvalue weighted by Crippen LogP contribution is 2.22. The van der Waals surface area contributed by atoms with Gasteiger partial charge in [-0.25, -0.2) is 0 Å². The van der Waals surface area contributed by atoms with E-state index in [0.29, 0.717) is 31.9 Å². The Hall–Kier alpha value is -2.77. The third-order valence-corrected chi connectivity index (χ3v) is 6.21. The second kappa shape index (κ2) is 9.58. The number of hydrogen-bond donors (Lipinski definition) is 2. The molecule has 0 aliphatic carbocycles. The fraction of sp³-hybridized carbons (Fsp3) is 0.391. The van der Waals surface area contributed by atoms with E-state index in [4.69, 9.17) is 11.6 Å². The van der Waals surface area contributed by atoms with E-state index in [-0.39, 0.29) is 23.5 Å². The van der Waals surface area contributed by atoms with Crippen LogP contribution in [0, 0.1) is 5.92 Å². The summed E-state index contributed by atoms with van der Waals surface area (Å²) in [5.41, 5.74) is 1.79. The number of phenolic OH excluding ortho intramolecular Hbond substituents is 1. The number of anilines is 2. The summed E-state index contributed by atoms with van der Waals surface area (Å²) < 4.78 is 0. The van der Waals surface area contributed by atoms with Crippen LogP contribution in [0.15, 0.2) is 48.5 Å². The number of aromatic hydroxyl groups is 1. The molecule has 2 aromatic carbocycles. The van der Waals surface area contributed by atoms with E-state index in [1.165, 1.54) is 0 Å².